The lowest BCUT2D eigenvalue weighted by atomic mass is 10.2. The summed E-state index contributed by atoms with van der Waals surface area (Å²) >= 11 is 1.71. The van der Waals surface area contributed by atoms with Gasteiger partial charge in [0.2, 0.25) is 5.89 Å². The number of nitrogens with one attached hydrogen (secondary N) is 1. The SMILES string of the molecule is CC(c1noc(CSc2ccccc2)n1)N1CCNCC1. The average molecular weight is 304 g/mol. The molecule has 0 bridgehead atoms. The zero-order valence-electron chi connectivity index (χ0n) is 12.2. The zero-order valence-corrected chi connectivity index (χ0v) is 13.0. The number of benzene rings is 1. The van der Waals surface area contributed by atoms with E-state index in [1.807, 2.05) is 18.2 Å². The van der Waals surface area contributed by atoms with E-state index in [0.717, 1.165) is 32.0 Å². The Bertz CT molecular complexity index is 554. The minimum absolute atomic E-state index is 0.214. The van der Waals surface area contributed by atoms with Gasteiger partial charge in [-0.1, -0.05) is 23.4 Å². The van der Waals surface area contributed by atoms with E-state index in [0.29, 0.717) is 11.6 Å². The number of piperazine rings is 1. The summed E-state index contributed by atoms with van der Waals surface area (Å²) in [7, 11) is 0. The van der Waals surface area contributed by atoms with Gasteiger partial charge in [-0.2, -0.15) is 4.98 Å². The first-order valence-corrected chi connectivity index (χ1v) is 8.26. The molecule has 0 saturated carbocycles. The van der Waals surface area contributed by atoms with Gasteiger partial charge >= 0.3 is 0 Å². The van der Waals surface area contributed by atoms with Crippen molar-refractivity contribution in [2.45, 2.75) is 23.6 Å². The lowest BCUT2D eigenvalue weighted by Crippen LogP contribution is -2.44. The van der Waals surface area contributed by atoms with Crippen LogP contribution in [-0.2, 0) is 5.75 Å². The summed E-state index contributed by atoms with van der Waals surface area (Å²) in [6.07, 6.45) is 0. The van der Waals surface area contributed by atoms with Gasteiger partial charge in [0.1, 0.15) is 0 Å². The predicted octanol–water partition coefficient (Wildman–Crippen LogP) is 2.33. The van der Waals surface area contributed by atoms with Crippen LogP contribution in [0.2, 0.25) is 0 Å². The number of rotatable bonds is 5. The third kappa shape index (κ3) is 3.84. The van der Waals surface area contributed by atoms with Gasteiger partial charge in [-0.05, 0) is 19.1 Å². The van der Waals surface area contributed by atoms with Crippen molar-refractivity contribution in [2.75, 3.05) is 26.2 Å². The van der Waals surface area contributed by atoms with E-state index < -0.39 is 0 Å². The van der Waals surface area contributed by atoms with E-state index in [1.54, 1.807) is 11.8 Å². The number of hydrogen-bond acceptors (Lipinski definition) is 6. The van der Waals surface area contributed by atoms with Gasteiger partial charge in [0.15, 0.2) is 5.82 Å². The molecule has 1 atom stereocenters. The Labute approximate surface area is 129 Å². The van der Waals surface area contributed by atoms with Crippen molar-refractivity contribution >= 4 is 11.8 Å². The fourth-order valence-electron chi connectivity index (χ4n) is 2.39. The number of nitrogens with zero attached hydrogens (tertiary/aromatic N) is 3. The molecular weight excluding hydrogens is 284 g/mol. The van der Waals surface area contributed by atoms with Crippen molar-refractivity contribution in [2.24, 2.45) is 0 Å². The largest absolute Gasteiger partial charge is 0.338 e. The molecule has 5 nitrogen and oxygen atoms in total. The van der Waals surface area contributed by atoms with Crippen molar-refractivity contribution < 1.29 is 4.52 Å². The molecular formula is C15H20N4OS. The number of aromatic nitrogens is 2. The lowest BCUT2D eigenvalue weighted by molar-refractivity contribution is 0.176. The molecule has 1 saturated heterocycles. The molecule has 1 unspecified atom stereocenters. The maximum absolute atomic E-state index is 5.37. The number of thioether (sulfide) groups is 1. The quantitative estimate of drug-likeness (QED) is 0.856. The van der Waals surface area contributed by atoms with Crippen LogP contribution in [0, 0.1) is 0 Å². The summed E-state index contributed by atoms with van der Waals surface area (Å²) in [5.74, 6) is 2.20. The van der Waals surface area contributed by atoms with E-state index in [2.05, 4.69) is 39.4 Å². The summed E-state index contributed by atoms with van der Waals surface area (Å²) in [5, 5.41) is 7.50. The highest BCUT2D eigenvalue weighted by Gasteiger charge is 2.22. The van der Waals surface area contributed by atoms with Crippen molar-refractivity contribution in [3.05, 3.63) is 42.0 Å². The van der Waals surface area contributed by atoms with Gasteiger partial charge in [0.25, 0.3) is 0 Å². The van der Waals surface area contributed by atoms with Crippen LogP contribution in [0.5, 0.6) is 0 Å². The Morgan fingerprint density at radius 1 is 1.29 bits per heavy atom. The van der Waals surface area contributed by atoms with E-state index in [9.17, 15) is 0 Å². The van der Waals surface area contributed by atoms with Crippen LogP contribution in [0.1, 0.15) is 24.7 Å². The molecule has 21 heavy (non-hydrogen) atoms. The topological polar surface area (TPSA) is 54.2 Å². The summed E-state index contributed by atoms with van der Waals surface area (Å²) in [6, 6.07) is 10.5. The summed E-state index contributed by atoms with van der Waals surface area (Å²) < 4.78 is 5.37. The second kappa shape index (κ2) is 7.06. The van der Waals surface area contributed by atoms with E-state index in [4.69, 9.17) is 4.52 Å². The molecule has 6 heteroatoms. The summed E-state index contributed by atoms with van der Waals surface area (Å²) in [5.41, 5.74) is 0. The normalized spacial score (nSPS) is 17.8. The van der Waals surface area contributed by atoms with Crippen LogP contribution in [0.25, 0.3) is 0 Å². The fourth-order valence-corrected chi connectivity index (χ4v) is 3.15. The molecule has 1 aromatic carbocycles. The van der Waals surface area contributed by atoms with Crippen LogP contribution in [0.15, 0.2) is 39.8 Å². The molecule has 3 rings (SSSR count). The summed E-state index contributed by atoms with van der Waals surface area (Å²) in [4.78, 5) is 8.14. The maximum atomic E-state index is 5.37. The average Bonchev–Trinajstić information content (AvgIpc) is 3.03. The van der Waals surface area contributed by atoms with Gasteiger partial charge in [-0.25, -0.2) is 0 Å². The van der Waals surface area contributed by atoms with E-state index in [-0.39, 0.29) is 6.04 Å². The third-order valence-corrected chi connectivity index (χ3v) is 4.66. The van der Waals surface area contributed by atoms with Crippen molar-refractivity contribution in [3.63, 3.8) is 0 Å². The predicted molar refractivity (Wildman–Crippen MR) is 83.2 cm³/mol. The maximum Gasteiger partial charge on any atom is 0.237 e. The molecule has 0 aliphatic carbocycles. The first kappa shape index (κ1) is 14.6. The third-order valence-electron chi connectivity index (χ3n) is 3.66. The molecule has 1 fully saturated rings. The Kier molecular flexibility index (Phi) is 4.90. The van der Waals surface area contributed by atoms with Crippen molar-refractivity contribution in [1.82, 2.24) is 20.4 Å². The van der Waals surface area contributed by atoms with E-state index in [1.165, 1.54) is 4.90 Å². The smallest absolute Gasteiger partial charge is 0.237 e. The Morgan fingerprint density at radius 2 is 2.05 bits per heavy atom. The first-order chi connectivity index (χ1) is 10.3. The molecule has 0 amide bonds. The number of hydrogen-bond donors (Lipinski definition) is 1. The van der Waals surface area contributed by atoms with Gasteiger partial charge in [0.05, 0.1) is 11.8 Å². The monoisotopic (exact) mass is 304 g/mol. The minimum Gasteiger partial charge on any atom is -0.338 e. The highest BCUT2D eigenvalue weighted by atomic mass is 32.2. The second-order valence-electron chi connectivity index (χ2n) is 5.11. The molecule has 2 aromatic rings. The van der Waals surface area contributed by atoms with Crippen LogP contribution < -0.4 is 5.32 Å². The molecule has 2 heterocycles. The molecule has 1 N–H and O–H groups in total. The fraction of sp³-hybridized carbons (Fsp3) is 0.467. The molecule has 1 aliphatic heterocycles. The highest BCUT2D eigenvalue weighted by Crippen LogP contribution is 2.23. The van der Waals surface area contributed by atoms with Crippen LogP contribution in [0.4, 0.5) is 0 Å². The van der Waals surface area contributed by atoms with Gasteiger partial charge in [-0.3, -0.25) is 4.90 Å². The van der Waals surface area contributed by atoms with E-state index >= 15 is 0 Å². The van der Waals surface area contributed by atoms with Crippen LogP contribution in [0.3, 0.4) is 0 Å². The van der Waals surface area contributed by atoms with Crippen LogP contribution in [-0.4, -0.2) is 41.2 Å². The Morgan fingerprint density at radius 3 is 2.81 bits per heavy atom. The van der Waals surface area contributed by atoms with Gasteiger partial charge in [0, 0.05) is 31.1 Å². The Balaban J connectivity index is 1.58. The van der Waals surface area contributed by atoms with Gasteiger partial charge < -0.3 is 9.84 Å². The lowest BCUT2D eigenvalue weighted by Gasteiger charge is -2.30. The van der Waals surface area contributed by atoms with Crippen molar-refractivity contribution in [3.8, 4) is 0 Å². The Hall–Kier alpha value is -1.37. The summed E-state index contributed by atoms with van der Waals surface area (Å²) in [6.45, 7) is 6.26. The minimum atomic E-state index is 0.214. The molecule has 0 spiro atoms. The zero-order chi connectivity index (χ0) is 14.5. The molecule has 1 aromatic heterocycles. The van der Waals surface area contributed by atoms with Crippen LogP contribution >= 0.6 is 11.8 Å². The molecule has 0 radical (unpaired) electrons. The molecule has 112 valence electrons. The first-order valence-electron chi connectivity index (χ1n) is 7.28. The molecule has 1 aliphatic rings. The standard InChI is InChI=1S/C15H20N4OS/c1-12(19-9-7-16-8-10-19)15-17-14(20-18-15)11-21-13-5-3-2-4-6-13/h2-6,12,16H,7-11H2,1H3. The highest BCUT2D eigenvalue weighted by molar-refractivity contribution is 7.98. The van der Waals surface area contributed by atoms with Crippen molar-refractivity contribution in [1.29, 1.82) is 0 Å². The second-order valence-corrected chi connectivity index (χ2v) is 6.16. The van der Waals surface area contributed by atoms with Gasteiger partial charge in [-0.15, -0.1) is 11.8 Å².